The Labute approximate surface area is 170 Å². The molecule has 160 valence electrons. The second kappa shape index (κ2) is 16.5. The van der Waals surface area contributed by atoms with Crippen molar-refractivity contribution in [2.24, 2.45) is 0 Å². The molecule has 0 aliphatic heterocycles. The van der Waals surface area contributed by atoms with Crippen molar-refractivity contribution in [3.63, 3.8) is 0 Å². The second-order valence-electron chi connectivity index (χ2n) is 7.87. The first-order valence-corrected chi connectivity index (χ1v) is 11.4. The van der Waals surface area contributed by atoms with Crippen LogP contribution in [0.5, 0.6) is 0 Å². The zero-order valence-electron chi connectivity index (χ0n) is 17.7. The normalized spacial score (nSPS) is 11.0. The fraction of sp³-hybridized carbons (Fsp3) is 0.708. The van der Waals surface area contributed by atoms with Gasteiger partial charge in [-0.25, -0.2) is 8.78 Å². The summed E-state index contributed by atoms with van der Waals surface area (Å²) in [6, 6.07) is 3.19. The Bertz CT molecular complexity index is 533. The Hall–Kier alpha value is -1.45. The van der Waals surface area contributed by atoms with Gasteiger partial charge in [-0.1, -0.05) is 96.8 Å². The summed E-state index contributed by atoms with van der Waals surface area (Å²) in [6.45, 7) is 2.26. The molecule has 0 unspecified atom stereocenters. The number of nitrogens with one attached hydrogen (secondary N) is 1. The standard InChI is InChI=1S/C24H39F2NO/c1-2-3-4-5-6-7-8-9-10-11-12-13-14-15-16-17-24(28)27-23-19-18-21(25)20-22(23)26/h18-20H,2-17H2,1H3,(H,27,28). The zero-order chi connectivity index (χ0) is 20.5. The monoisotopic (exact) mass is 395 g/mol. The summed E-state index contributed by atoms with van der Waals surface area (Å²) < 4.78 is 26.3. The molecule has 0 aliphatic carbocycles. The third kappa shape index (κ3) is 12.9. The number of hydrogen-bond acceptors (Lipinski definition) is 1. The maximum atomic E-state index is 13.5. The maximum Gasteiger partial charge on any atom is 0.224 e. The van der Waals surface area contributed by atoms with E-state index in [9.17, 15) is 13.6 Å². The summed E-state index contributed by atoms with van der Waals surface area (Å²) in [5.41, 5.74) is 0.0485. The van der Waals surface area contributed by atoms with Gasteiger partial charge in [0.05, 0.1) is 5.69 Å². The highest BCUT2D eigenvalue weighted by molar-refractivity contribution is 5.90. The van der Waals surface area contributed by atoms with E-state index < -0.39 is 11.6 Å². The minimum absolute atomic E-state index is 0.0485. The summed E-state index contributed by atoms with van der Waals surface area (Å²) in [4.78, 5) is 11.8. The van der Waals surface area contributed by atoms with Crippen LogP contribution in [0.3, 0.4) is 0 Å². The van der Waals surface area contributed by atoms with Crippen LogP contribution in [0.2, 0.25) is 0 Å². The van der Waals surface area contributed by atoms with Gasteiger partial charge >= 0.3 is 0 Å². The number of hydrogen-bond donors (Lipinski definition) is 1. The molecular weight excluding hydrogens is 356 g/mol. The van der Waals surface area contributed by atoms with Crippen molar-refractivity contribution in [1.82, 2.24) is 0 Å². The molecule has 1 N–H and O–H groups in total. The van der Waals surface area contributed by atoms with Crippen LogP contribution in [0.4, 0.5) is 14.5 Å². The van der Waals surface area contributed by atoms with Crippen LogP contribution in [0.1, 0.15) is 110 Å². The number of carbonyl (C=O) groups excluding carboxylic acids is 1. The number of unbranched alkanes of at least 4 members (excludes halogenated alkanes) is 14. The number of rotatable bonds is 17. The smallest absolute Gasteiger partial charge is 0.224 e. The molecule has 1 rings (SSSR count). The van der Waals surface area contributed by atoms with Gasteiger partial charge in [0.1, 0.15) is 11.6 Å². The number of amides is 1. The SMILES string of the molecule is CCCCCCCCCCCCCCCCCC(=O)Nc1ccc(F)cc1F. The summed E-state index contributed by atoms with van der Waals surface area (Å²) in [5, 5.41) is 2.51. The molecule has 0 saturated carbocycles. The van der Waals surface area contributed by atoms with Gasteiger partial charge in [0.25, 0.3) is 0 Å². The third-order valence-electron chi connectivity index (χ3n) is 5.21. The molecule has 0 atom stereocenters. The fourth-order valence-corrected chi connectivity index (χ4v) is 3.46. The van der Waals surface area contributed by atoms with E-state index in [-0.39, 0.29) is 11.6 Å². The van der Waals surface area contributed by atoms with Crippen LogP contribution in [0.15, 0.2) is 18.2 Å². The van der Waals surface area contributed by atoms with Crippen LogP contribution < -0.4 is 5.32 Å². The van der Waals surface area contributed by atoms with Gasteiger partial charge in [-0.05, 0) is 18.6 Å². The van der Waals surface area contributed by atoms with Crippen molar-refractivity contribution in [1.29, 1.82) is 0 Å². The lowest BCUT2D eigenvalue weighted by atomic mass is 10.0. The predicted octanol–water partition coefficient (Wildman–Crippen LogP) is 8.16. The van der Waals surface area contributed by atoms with Gasteiger partial charge in [0.15, 0.2) is 0 Å². The minimum Gasteiger partial charge on any atom is -0.324 e. The first-order chi connectivity index (χ1) is 13.6. The molecule has 0 radical (unpaired) electrons. The number of halogens is 2. The van der Waals surface area contributed by atoms with Crippen LogP contribution in [0, 0.1) is 11.6 Å². The van der Waals surface area contributed by atoms with Gasteiger partial charge in [-0.2, -0.15) is 0 Å². The average molecular weight is 396 g/mol. The topological polar surface area (TPSA) is 29.1 Å². The summed E-state index contributed by atoms with van der Waals surface area (Å²) in [5.74, 6) is -1.58. The molecule has 1 amide bonds. The first-order valence-electron chi connectivity index (χ1n) is 11.4. The number of carbonyl (C=O) groups is 1. The van der Waals surface area contributed by atoms with Crippen LogP contribution in [0.25, 0.3) is 0 Å². The highest BCUT2D eigenvalue weighted by Gasteiger charge is 2.07. The van der Waals surface area contributed by atoms with Crippen molar-refractivity contribution in [3.05, 3.63) is 29.8 Å². The lowest BCUT2D eigenvalue weighted by Crippen LogP contribution is -2.12. The maximum absolute atomic E-state index is 13.5. The molecular formula is C24H39F2NO. The largest absolute Gasteiger partial charge is 0.324 e. The van der Waals surface area contributed by atoms with E-state index in [2.05, 4.69) is 12.2 Å². The van der Waals surface area contributed by atoms with Crippen molar-refractivity contribution in [2.75, 3.05) is 5.32 Å². The van der Waals surface area contributed by atoms with E-state index in [1.165, 1.54) is 83.1 Å². The summed E-state index contributed by atoms with van der Waals surface area (Å²) in [7, 11) is 0. The molecule has 0 saturated heterocycles. The highest BCUT2D eigenvalue weighted by atomic mass is 19.1. The van der Waals surface area contributed by atoms with E-state index in [0.717, 1.165) is 31.4 Å². The molecule has 2 nitrogen and oxygen atoms in total. The van der Waals surface area contributed by atoms with Crippen LogP contribution >= 0.6 is 0 Å². The van der Waals surface area contributed by atoms with E-state index in [4.69, 9.17) is 0 Å². The first kappa shape index (κ1) is 24.6. The zero-order valence-corrected chi connectivity index (χ0v) is 17.7. The number of anilines is 1. The van der Waals surface area contributed by atoms with Gasteiger partial charge in [0, 0.05) is 12.5 Å². The quantitative estimate of drug-likeness (QED) is 0.265. The molecule has 0 fully saturated rings. The minimum atomic E-state index is -0.732. The van der Waals surface area contributed by atoms with Crippen LogP contribution in [-0.2, 0) is 4.79 Å². The average Bonchev–Trinajstić information content (AvgIpc) is 2.67. The Kier molecular flexibility index (Phi) is 14.5. The van der Waals surface area contributed by atoms with Gasteiger partial charge in [-0.15, -0.1) is 0 Å². The number of benzene rings is 1. The lowest BCUT2D eigenvalue weighted by molar-refractivity contribution is -0.116. The molecule has 0 heterocycles. The van der Waals surface area contributed by atoms with Crippen molar-refractivity contribution >= 4 is 11.6 Å². The predicted molar refractivity (Wildman–Crippen MR) is 115 cm³/mol. The third-order valence-corrected chi connectivity index (χ3v) is 5.21. The van der Waals surface area contributed by atoms with Gasteiger partial charge < -0.3 is 5.32 Å². The molecule has 1 aromatic rings. The second-order valence-corrected chi connectivity index (χ2v) is 7.87. The van der Waals surface area contributed by atoms with E-state index in [0.29, 0.717) is 6.42 Å². The van der Waals surface area contributed by atoms with Crippen molar-refractivity contribution in [3.8, 4) is 0 Å². The van der Waals surface area contributed by atoms with E-state index in [1.807, 2.05) is 0 Å². The van der Waals surface area contributed by atoms with E-state index in [1.54, 1.807) is 0 Å². The van der Waals surface area contributed by atoms with Crippen molar-refractivity contribution in [2.45, 2.75) is 110 Å². The van der Waals surface area contributed by atoms with Gasteiger partial charge in [0.2, 0.25) is 5.91 Å². The molecule has 28 heavy (non-hydrogen) atoms. The Balaban J connectivity index is 1.86. The highest BCUT2D eigenvalue weighted by Crippen LogP contribution is 2.16. The van der Waals surface area contributed by atoms with Crippen LogP contribution in [-0.4, -0.2) is 5.91 Å². The Morgan fingerprint density at radius 1 is 0.750 bits per heavy atom. The molecule has 0 spiro atoms. The summed E-state index contributed by atoms with van der Waals surface area (Å²) in [6.07, 6.45) is 19.6. The fourth-order valence-electron chi connectivity index (χ4n) is 3.46. The van der Waals surface area contributed by atoms with Crippen molar-refractivity contribution < 1.29 is 13.6 Å². The van der Waals surface area contributed by atoms with E-state index >= 15 is 0 Å². The molecule has 4 heteroatoms. The molecule has 0 bridgehead atoms. The lowest BCUT2D eigenvalue weighted by Gasteiger charge is -2.06. The van der Waals surface area contributed by atoms with Gasteiger partial charge in [-0.3, -0.25) is 4.79 Å². The molecule has 0 aromatic heterocycles. The Morgan fingerprint density at radius 3 is 1.68 bits per heavy atom. The molecule has 1 aromatic carbocycles. The Morgan fingerprint density at radius 2 is 1.21 bits per heavy atom. The molecule has 0 aliphatic rings. The summed E-state index contributed by atoms with van der Waals surface area (Å²) >= 11 is 0.